The summed E-state index contributed by atoms with van der Waals surface area (Å²) >= 11 is 0. The molecule has 0 bridgehead atoms. The van der Waals surface area contributed by atoms with E-state index in [0.29, 0.717) is 0 Å². The fraction of sp³-hybridized carbons (Fsp3) is 0.857. The van der Waals surface area contributed by atoms with Gasteiger partial charge in [0, 0.05) is 0 Å². The minimum atomic E-state index is 1.11. The minimum Gasteiger partial charge on any atom is -0.0654 e. The average molecular weight is 196 g/mol. The third-order valence-corrected chi connectivity index (χ3v) is 2.67. The maximum Gasteiger partial charge on any atom is -0.0386 e. The van der Waals surface area contributed by atoms with Crippen LogP contribution in [0.25, 0.3) is 0 Å². The van der Waals surface area contributed by atoms with Gasteiger partial charge in [-0.15, -0.1) is 0 Å². The summed E-state index contributed by atoms with van der Waals surface area (Å²) in [5, 5.41) is 0. The molecule has 0 nitrogen and oxygen atoms in total. The summed E-state index contributed by atoms with van der Waals surface area (Å²) in [4.78, 5) is 0. The molecule has 0 aromatic rings. The molecule has 0 fully saturated rings. The molecular weight excluding hydrogens is 168 g/mol. The molecule has 0 amide bonds. The Morgan fingerprint density at radius 2 is 1.36 bits per heavy atom. The van der Waals surface area contributed by atoms with Crippen molar-refractivity contribution < 1.29 is 0 Å². The van der Waals surface area contributed by atoms with E-state index in [-0.39, 0.29) is 0 Å². The Balaban J connectivity index is 2.78. The van der Waals surface area contributed by atoms with E-state index in [0.717, 1.165) is 6.42 Å². The van der Waals surface area contributed by atoms with Crippen LogP contribution in [0.15, 0.2) is 0 Å². The lowest BCUT2D eigenvalue weighted by Gasteiger charge is -2.01. The highest BCUT2D eigenvalue weighted by Crippen LogP contribution is 2.10. The van der Waals surface area contributed by atoms with Gasteiger partial charge in [0.05, 0.1) is 0 Å². The third kappa shape index (κ3) is 12.0. The van der Waals surface area contributed by atoms with Crippen LogP contribution >= 0.6 is 0 Å². The van der Waals surface area contributed by atoms with E-state index >= 15 is 0 Å². The Morgan fingerprint density at radius 3 is 1.93 bits per heavy atom. The fourth-order valence-electron chi connectivity index (χ4n) is 1.68. The van der Waals surface area contributed by atoms with Crippen LogP contribution in [0, 0.1) is 13.3 Å². The van der Waals surface area contributed by atoms with Crippen molar-refractivity contribution in [1.82, 2.24) is 0 Å². The van der Waals surface area contributed by atoms with Gasteiger partial charge >= 0.3 is 0 Å². The maximum atomic E-state index is 3.85. The summed E-state index contributed by atoms with van der Waals surface area (Å²) in [6.07, 6.45) is 17.4. The molecule has 0 aliphatic heterocycles. The topological polar surface area (TPSA) is 0 Å². The van der Waals surface area contributed by atoms with E-state index in [9.17, 15) is 0 Å². The Morgan fingerprint density at radius 1 is 0.786 bits per heavy atom. The Bertz CT molecular complexity index is 74.0. The Hall–Kier alpha value is 0. The molecule has 0 spiro atoms. The molecule has 14 heavy (non-hydrogen) atoms. The highest BCUT2D eigenvalue weighted by molar-refractivity contribution is 4.64. The predicted octanol–water partition coefficient (Wildman–Crippen LogP) is 5.34. The van der Waals surface area contributed by atoms with E-state index in [4.69, 9.17) is 0 Å². The van der Waals surface area contributed by atoms with Crippen molar-refractivity contribution in [2.24, 2.45) is 0 Å². The van der Waals surface area contributed by atoms with Gasteiger partial charge in [-0.05, 0) is 6.42 Å². The second kappa shape index (κ2) is 13.0. The molecule has 0 aliphatic carbocycles. The third-order valence-electron chi connectivity index (χ3n) is 2.67. The average Bonchev–Trinajstić information content (AvgIpc) is 2.21. The molecule has 0 saturated carbocycles. The first-order valence-corrected chi connectivity index (χ1v) is 6.52. The van der Waals surface area contributed by atoms with Crippen molar-refractivity contribution in [3.8, 4) is 0 Å². The van der Waals surface area contributed by atoms with Crippen LogP contribution in [-0.2, 0) is 0 Å². The van der Waals surface area contributed by atoms with Crippen molar-refractivity contribution in [1.29, 1.82) is 0 Å². The van der Waals surface area contributed by atoms with Crippen LogP contribution < -0.4 is 0 Å². The van der Waals surface area contributed by atoms with Gasteiger partial charge in [-0.25, -0.2) is 0 Å². The Kier molecular flexibility index (Phi) is 13.0. The molecular formula is C14H28. The highest BCUT2D eigenvalue weighted by atomic mass is 14.0. The first kappa shape index (κ1) is 14.0. The van der Waals surface area contributed by atoms with Crippen molar-refractivity contribution in [3.05, 3.63) is 13.3 Å². The normalized spacial score (nSPS) is 10.7. The van der Waals surface area contributed by atoms with Gasteiger partial charge in [-0.2, -0.15) is 0 Å². The lowest BCUT2D eigenvalue weighted by Crippen LogP contribution is -1.82. The number of hydrogen-bond donors (Lipinski definition) is 0. The first-order chi connectivity index (χ1) is 6.91. The molecule has 0 aromatic heterocycles. The molecule has 0 aromatic carbocycles. The van der Waals surface area contributed by atoms with Gasteiger partial charge in [-0.3, -0.25) is 0 Å². The molecule has 0 rings (SSSR count). The fourth-order valence-corrected chi connectivity index (χ4v) is 1.68. The summed E-state index contributed by atoms with van der Waals surface area (Å²) in [5.74, 6) is 0. The summed E-state index contributed by atoms with van der Waals surface area (Å²) in [5.41, 5.74) is 0. The zero-order valence-electron chi connectivity index (χ0n) is 10.1. The zero-order chi connectivity index (χ0) is 10.5. The van der Waals surface area contributed by atoms with Crippen LogP contribution in [0.5, 0.6) is 0 Å². The van der Waals surface area contributed by atoms with Crippen molar-refractivity contribution in [2.45, 2.75) is 77.6 Å². The smallest absolute Gasteiger partial charge is 0.0386 e. The second-order valence-electron chi connectivity index (χ2n) is 4.19. The summed E-state index contributed by atoms with van der Waals surface area (Å²) in [6.45, 7) is 6.12. The summed E-state index contributed by atoms with van der Waals surface area (Å²) in [6, 6.07) is 0. The van der Waals surface area contributed by atoms with E-state index < -0.39 is 0 Å². The van der Waals surface area contributed by atoms with E-state index in [1.807, 2.05) is 0 Å². The van der Waals surface area contributed by atoms with E-state index in [1.165, 1.54) is 64.2 Å². The van der Waals surface area contributed by atoms with Gasteiger partial charge in [0.25, 0.3) is 0 Å². The van der Waals surface area contributed by atoms with Crippen molar-refractivity contribution in [3.63, 3.8) is 0 Å². The zero-order valence-corrected chi connectivity index (χ0v) is 10.1. The second-order valence-corrected chi connectivity index (χ2v) is 4.19. The molecule has 84 valence electrons. The van der Waals surface area contributed by atoms with Crippen LogP contribution in [-0.4, -0.2) is 0 Å². The van der Waals surface area contributed by atoms with E-state index in [1.54, 1.807) is 0 Å². The molecule has 0 heteroatoms. The lowest BCUT2D eigenvalue weighted by atomic mass is 10.1. The van der Waals surface area contributed by atoms with Gasteiger partial charge in [0.15, 0.2) is 0 Å². The monoisotopic (exact) mass is 196 g/mol. The summed E-state index contributed by atoms with van der Waals surface area (Å²) in [7, 11) is 0. The standard InChI is InChI=1S/C14H28/c1-3-5-7-9-11-13-14-12-10-8-6-4-2/h14H,1,3-13H2,2H3. The minimum absolute atomic E-state index is 1.11. The molecule has 0 unspecified atom stereocenters. The highest BCUT2D eigenvalue weighted by Gasteiger charge is 1.91. The van der Waals surface area contributed by atoms with Crippen LogP contribution in [0.2, 0.25) is 0 Å². The van der Waals surface area contributed by atoms with Gasteiger partial charge < -0.3 is 0 Å². The number of hydrogen-bond acceptors (Lipinski definition) is 0. The lowest BCUT2D eigenvalue weighted by molar-refractivity contribution is 0.612. The first-order valence-electron chi connectivity index (χ1n) is 6.52. The van der Waals surface area contributed by atoms with Crippen LogP contribution in [0.4, 0.5) is 0 Å². The molecule has 0 heterocycles. The van der Waals surface area contributed by atoms with Crippen LogP contribution in [0.1, 0.15) is 77.6 Å². The quantitative estimate of drug-likeness (QED) is 0.391. The Labute approximate surface area is 91.5 Å². The molecule has 0 aliphatic rings. The van der Waals surface area contributed by atoms with E-state index in [2.05, 4.69) is 20.3 Å². The van der Waals surface area contributed by atoms with Gasteiger partial charge in [0.1, 0.15) is 0 Å². The predicted molar refractivity (Wildman–Crippen MR) is 66.1 cm³/mol. The van der Waals surface area contributed by atoms with Crippen molar-refractivity contribution in [2.75, 3.05) is 0 Å². The van der Waals surface area contributed by atoms with Crippen LogP contribution in [0.3, 0.4) is 0 Å². The van der Waals surface area contributed by atoms with Gasteiger partial charge in [-0.1, -0.05) is 84.5 Å². The maximum absolute atomic E-state index is 3.85. The number of unbranched alkanes of at least 4 members (excludes halogenated alkanes) is 11. The molecule has 0 N–H and O–H groups in total. The molecule has 2 radical (unpaired) electrons. The van der Waals surface area contributed by atoms with Gasteiger partial charge in [0.2, 0.25) is 0 Å². The largest absolute Gasteiger partial charge is 0.0654 e. The van der Waals surface area contributed by atoms with Crippen molar-refractivity contribution >= 4 is 0 Å². The molecule has 0 saturated heterocycles. The molecule has 0 atom stereocenters. The SMILES string of the molecule is [CH2]CCCCCC[CH]CCCCCC. The summed E-state index contributed by atoms with van der Waals surface area (Å²) < 4.78 is 0. The number of rotatable bonds is 11.